The number of H-pyrrole nitrogens is 1. The molecule has 0 saturated carbocycles. The van der Waals surface area contributed by atoms with E-state index in [0.717, 1.165) is 18.7 Å². The Bertz CT molecular complexity index is 981. The predicted molar refractivity (Wildman–Crippen MR) is 108 cm³/mol. The molecule has 0 aliphatic carbocycles. The second-order valence-corrected chi connectivity index (χ2v) is 6.77. The highest BCUT2D eigenvalue weighted by atomic mass is 32.1. The first-order chi connectivity index (χ1) is 12.3. The highest BCUT2D eigenvalue weighted by molar-refractivity contribution is 7.08. The van der Waals surface area contributed by atoms with Gasteiger partial charge in [0.1, 0.15) is 5.65 Å². The molecule has 0 amide bonds. The van der Waals surface area contributed by atoms with Crippen LogP contribution in [0.4, 0.5) is 5.69 Å². The molecule has 3 aromatic heterocycles. The van der Waals surface area contributed by atoms with E-state index in [2.05, 4.69) is 82.1 Å². The number of anilines is 1. The molecule has 0 atom stereocenters. The summed E-state index contributed by atoms with van der Waals surface area (Å²) in [6, 6.07) is 12.9. The summed E-state index contributed by atoms with van der Waals surface area (Å²) in [7, 11) is 0. The molecule has 1 N–H and O–H groups in total. The SMILES string of the molecule is CCN(CC)c1ccccc1-c1c[nH]c2nccc(-c3ccsc3)c12. The van der Waals surface area contributed by atoms with Gasteiger partial charge in [0, 0.05) is 47.7 Å². The first kappa shape index (κ1) is 15.9. The number of fused-ring (bicyclic) bond motifs is 1. The maximum absolute atomic E-state index is 4.55. The smallest absolute Gasteiger partial charge is 0.138 e. The van der Waals surface area contributed by atoms with Crippen LogP contribution in [-0.4, -0.2) is 23.1 Å². The maximum atomic E-state index is 4.55. The predicted octanol–water partition coefficient (Wildman–Crippen LogP) is 5.80. The van der Waals surface area contributed by atoms with Crippen molar-refractivity contribution in [2.45, 2.75) is 13.8 Å². The topological polar surface area (TPSA) is 31.9 Å². The van der Waals surface area contributed by atoms with Gasteiger partial charge in [0.2, 0.25) is 0 Å². The molecular formula is C21H21N3S. The van der Waals surface area contributed by atoms with Gasteiger partial charge in [-0.05, 0) is 53.9 Å². The Morgan fingerprint density at radius 3 is 2.60 bits per heavy atom. The molecule has 3 heterocycles. The number of benzene rings is 1. The third-order valence-corrected chi connectivity index (χ3v) is 5.39. The number of nitrogens with one attached hydrogen (secondary N) is 1. The van der Waals surface area contributed by atoms with Crippen molar-refractivity contribution >= 4 is 28.1 Å². The van der Waals surface area contributed by atoms with Gasteiger partial charge in [-0.15, -0.1) is 0 Å². The molecule has 0 aliphatic heterocycles. The standard InChI is InChI=1S/C21H21N3S/c1-3-24(4-2)19-8-6-5-7-17(19)18-13-23-21-20(18)16(9-11-22-21)15-10-12-25-14-15/h5-14H,3-4H2,1-2H3,(H,22,23). The lowest BCUT2D eigenvalue weighted by molar-refractivity contribution is 0.867. The van der Waals surface area contributed by atoms with E-state index < -0.39 is 0 Å². The maximum Gasteiger partial charge on any atom is 0.138 e. The van der Waals surface area contributed by atoms with E-state index in [0.29, 0.717) is 0 Å². The molecule has 4 rings (SSSR count). The van der Waals surface area contributed by atoms with Crippen LogP contribution >= 0.6 is 11.3 Å². The summed E-state index contributed by atoms with van der Waals surface area (Å²) in [6.07, 6.45) is 3.97. The third-order valence-electron chi connectivity index (χ3n) is 4.70. The van der Waals surface area contributed by atoms with E-state index in [4.69, 9.17) is 0 Å². The monoisotopic (exact) mass is 347 g/mol. The molecule has 3 nitrogen and oxygen atoms in total. The zero-order valence-corrected chi connectivity index (χ0v) is 15.3. The lowest BCUT2D eigenvalue weighted by Crippen LogP contribution is -2.22. The normalized spacial score (nSPS) is 11.1. The highest BCUT2D eigenvalue weighted by Crippen LogP contribution is 2.39. The van der Waals surface area contributed by atoms with E-state index >= 15 is 0 Å². The minimum atomic E-state index is 0.938. The van der Waals surface area contributed by atoms with E-state index in [1.165, 1.54) is 33.3 Å². The molecule has 0 fully saturated rings. The van der Waals surface area contributed by atoms with Gasteiger partial charge in [-0.1, -0.05) is 18.2 Å². The van der Waals surface area contributed by atoms with Crippen LogP contribution < -0.4 is 4.90 Å². The molecule has 126 valence electrons. The van der Waals surface area contributed by atoms with E-state index in [1.54, 1.807) is 11.3 Å². The number of rotatable bonds is 5. The Morgan fingerprint density at radius 1 is 1.00 bits per heavy atom. The van der Waals surface area contributed by atoms with Gasteiger partial charge < -0.3 is 9.88 Å². The second kappa shape index (κ2) is 6.73. The molecule has 1 aromatic carbocycles. The van der Waals surface area contributed by atoms with Crippen LogP contribution in [0.1, 0.15) is 13.8 Å². The van der Waals surface area contributed by atoms with Crippen molar-refractivity contribution < 1.29 is 0 Å². The molecule has 4 heteroatoms. The van der Waals surface area contributed by atoms with E-state index in [9.17, 15) is 0 Å². The van der Waals surface area contributed by atoms with Gasteiger partial charge in [-0.3, -0.25) is 0 Å². The van der Waals surface area contributed by atoms with Crippen LogP contribution in [0.15, 0.2) is 59.6 Å². The van der Waals surface area contributed by atoms with Gasteiger partial charge in [0.15, 0.2) is 0 Å². The Hall–Kier alpha value is -2.59. The molecule has 0 bridgehead atoms. The van der Waals surface area contributed by atoms with Crippen molar-refractivity contribution in [1.82, 2.24) is 9.97 Å². The summed E-state index contributed by atoms with van der Waals surface area (Å²) < 4.78 is 0. The Balaban J connectivity index is 1.98. The zero-order valence-electron chi connectivity index (χ0n) is 14.5. The van der Waals surface area contributed by atoms with Crippen LogP contribution in [0.2, 0.25) is 0 Å². The van der Waals surface area contributed by atoms with Gasteiger partial charge in [-0.25, -0.2) is 4.98 Å². The van der Waals surface area contributed by atoms with Crippen LogP contribution in [0.5, 0.6) is 0 Å². The average molecular weight is 347 g/mol. The molecule has 0 aliphatic rings. The molecular weight excluding hydrogens is 326 g/mol. The van der Waals surface area contributed by atoms with Crippen LogP contribution in [0.3, 0.4) is 0 Å². The van der Waals surface area contributed by atoms with Crippen LogP contribution in [-0.2, 0) is 0 Å². The van der Waals surface area contributed by atoms with E-state index in [-0.39, 0.29) is 0 Å². The summed E-state index contributed by atoms with van der Waals surface area (Å²) >= 11 is 1.72. The number of aromatic amines is 1. The lowest BCUT2D eigenvalue weighted by atomic mass is 9.98. The van der Waals surface area contributed by atoms with Gasteiger partial charge in [-0.2, -0.15) is 11.3 Å². The molecule has 0 saturated heterocycles. The second-order valence-electron chi connectivity index (χ2n) is 5.99. The zero-order chi connectivity index (χ0) is 17.2. The van der Waals surface area contributed by atoms with Crippen molar-refractivity contribution in [3.05, 3.63) is 59.6 Å². The summed E-state index contributed by atoms with van der Waals surface area (Å²) in [5.41, 5.74) is 7.16. The Kier molecular flexibility index (Phi) is 4.28. The Morgan fingerprint density at radius 2 is 1.84 bits per heavy atom. The van der Waals surface area contributed by atoms with Gasteiger partial charge in [0.25, 0.3) is 0 Å². The quantitative estimate of drug-likeness (QED) is 0.494. The lowest BCUT2D eigenvalue weighted by Gasteiger charge is -2.24. The first-order valence-corrected chi connectivity index (χ1v) is 9.60. The fourth-order valence-corrected chi connectivity index (χ4v) is 4.12. The summed E-state index contributed by atoms with van der Waals surface area (Å²) in [6.45, 7) is 6.39. The van der Waals surface area contributed by atoms with Gasteiger partial charge >= 0.3 is 0 Å². The minimum Gasteiger partial charge on any atom is -0.372 e. The number of thiophene rings is 1. The number of hydrogen-bond donors (Lipinski definition) is 1. The van der Waals surface area contributed by atoms with Crippen molar-refractivity contribution in [1.29, 1.82) is 0 Å². The van der Waals surface area contributed by atoms with Gasteiger partial charge in [0.05, 0.1) is 0 Å². The summed E-state index contributed by atoms with van der Waals surface area (Å²) in [4.78, 5) is 10.3. The molecule has 4 aromatic rings. The summed E-state index contributed by atoms with van der Waals surface area (Å²) in [5, 5.41) is 5.51. The molecule has 0 radical (unpaired) electrons. The van der Waals surface area contributed by atoms with E-state index in [1.807, 2.05) is 6.20 Å². The molecule has 0 spiro atoms. The van der Waals surface area contributed by atoms with Crippen LogP contribution in [0.25, 0.3) is 33.3 Å². The third kappa shape index (κ3) is 2.72. The largest absolute Gasteiger partial charge is 0.372 e. The number of hydrogen-bond acceptors (Lipinski definition) is 3. The minimum absolute atomic E-state index is 0.938. The first-order valence-electron chi connectivity index (χ1n) is 8.66. The molecule has 25 heavy (non-hydrogen) atoms. The summed E-state index contributed by atoms with van der Waals surface area (Å²) in [5.74, 6) is 0. The number of nitrogens with zero attached hydrogens (tertiary/aromatic N) is 2. The highest BCUT2D eigenvalue weighted by Gasteiger charge is 2.17. The number of aromatic nitrogens is 2. The van der Waals surface area contributed by atoms with Crippen molar-refractivity contribution in [3.8, 4) is 22.3 Å². The fraction of sp³-hybridized carbons (Fsp3) is 0.190. The average Bonchev–Trinajstić information content (AvgIpc) is 3.33. The van der Waals surface area contributed by atoms with Crippen molar-refractivity contribution in [2.75, 3.05) is 18.0 Å². The number of pyridine rings is 1. The van der Waals surface area contributed by atoms with Crippen molar-refractivity contribution in [2.24, 2.45) is 0 Å². The number of para-hydroxylation sites is 1. The van der Waals surface area contributed by atoms with Crippen molar-refractivity contribution in [3.63, 3.8) is 0 Å². The van der Waals surface area contributed by atoms with Crippen LogP contribution in [0, 0.1) is 0 Å². The Labute approximate surface area is 152 Å². The molecule has 0 unspecified atom stereocenters. The fourth-order valence-electron chi connectivity index (χ4n) is 3.47.